The summed E-state index contributed by atoms with van der Waals surface area (Å²) >= 11 is 4.99. The number of halogens is 6. The number of benzene rings is 1. The van der Waals surface area contributed by atoms with Gasteiger partial charge in [0.05, 0.1) is 3.57 Å². The maximum Gasteiger partial charge on any atom is 0.340 e. The van der Waals surface area contributed by atoms with Crippen molar-refractivity contribution in [2.75, 3.05) is 6.61 Å². The van der Waals surface area contributed by atoms with Crippen LogP contribution in [0.25, 0.3) is 0 Å². The van der Waals surface area contributed by atoms with Gasteiger partial charge in [0.25, 0.3) is 0 Å². The fraction of sp³-hybridized carbons (Fsp3) is 0.333. The van der Waals surface area contributed by atoms with Crippen molar-refractivity contribution in [2.24, 2.45) is 0 Å². The van der Waals surface area contributed by atoms with Crippen molar-refractivity contribution in [3.05, 3.63) is 26.2 Å². The van der Waals surface area contributed by atoms with E-state index >= 15 is 0 Å². The molecule has 90 valence electrons. The van der Waals surface area contributed by atoms with E-state index in [0.717, 1.165) is 0 Å². The Morgan fingerprint density at radius 2 is 2.00 bits per heavy atom. The molecule has 0 radical (unpaired) electrons. The number of rotatable bonds is 4. The number of hydrogen-bond acceptors (Lipinski definition) is 1. The molecular weight excluding hydrogens is 407 g/mol. The topological polar surface area (TPSA) is 9.23 Å². The molecule has 1 nitrogen and oxygen atoms in total. The standard InChI is InChI=1S/C9H6BrF4IO/c10-5-1-2-6(15)7(3-5)16-4-9(13,14)8(11)12/h1-3,8H,4H2. The van der Waals surface area contributed by atoms with E-state index in [1.807, 2.05) is 22.6 Å². The van der Waals surface area contributed by atoms with Gasteiger partial charge in [0, 0.05) is 4.47 Å². The lowest BCUT2D eigenvalue weighted by Crippen LogP contribution is -2.33. The average Bonchev–Trinajstić information content (AvgIpc) is 2.19. The molecule has 0 spiro atoms. The lowest BCUT2D eigenvalue weighted by atomic mass is 10.3. The summed E-state index contributed by atoms with van der Waals surface area (Å²) in [6.45, 7) is -1.34. The highest BCUT2D eigenvalue weighted by atomic mass is 127. The zero-order valence-corrected chi connectivity index (χ0v) is 11.4. The Balaban J connectivity index is 2.71. The van der Waals surface area contributed by atoms with Gasteiger partial charge in [-0.1, -0.05) is 15.9 Å². The Morgan fingerprint density at radius 3 is 2.56 bits per heavy atom. The maximum atomic E-state index is 12.6. The van der Waals surface area contributed by atoms with Crippen molar-refractivity contribution in [3.8, 4) is 5.75 Å². The molecule has 1 aromatic rings. The highest BCUT2D eigenvalue weighted by Gasteiger charge is 2.41. The van der Waals surface area contributed by atoms with E-state index in [2.05, 4.69) is 20.7 Å². The molecule has 0 saturated heterocycles. The summed E-state index contributed by atoms with van der Waals surface area (Å²) in [4.78, 5) is 0. The molecular formula is C9H6BrF4IO. The Bertz CT molecular complexity index is 373. The minimum atomic E-state index is -4.13. The van der Waals surface area contributed by atoms with E-state index in [9.17, 15) is 17.6 Å². The van der Waals surface area contributed by atoms with Crippen molar-refractivity contribution in [1.29, 1.82) is 0 Å². The Labute approximate surface area is 111 Å². The quantitative estimate of drug-likeness (QED) is 0.528. The zero-order chi connectivity index (χ0) is 12.3. The largest absolute Gasteiger partial charge is 0.486 e. The molecule has 0 unspecified atom stereocenters. The summed E-state index contributed by atoms with van der Waals surface area (Å²) in [7, 11) is 0. The van der Waals surface area contributed by atoms with Crippen molar-refractivity contribution in [2.45, 2.75) is 12.3 Å². The molecule has 0 amide bonds. The van der Waals surface area contributed by atoms with Crippen LogP contribution in [0.4, 0.5) is 17.6 Å². The molecule has 0 fully saturated rings. The maximum absolute atomic E-state index is 12.6. The van der Waals surface area contributed by atoms with Crippen LogP contribution >= 0.6 is 38.5 Å². The molecule has 0 bridgehead atoms. The van der Waals surface area contributed by atoms with Crippen molar-refractivity contribution in [1.82, 2.24) is 0 Å². The second-order valence-electron chi connectivity index (χ2n) is 2.93. The van der Waals surface area contributed by atoms with Crippen LogP contribution in [-0.4, -0.2) is 19.0 Å². The molecule has 0 aromatic heterocycles. The summed E-state index contributed by atoms with van der Waals surface area (Å²) in [5.41, 5.74) is 0. The summed E-state index contributed by atoms with van der Waals surface area (Å²) in [5.74, 6) is -3.99. The third-order valence-corrected chi connectivity index (χ3v) is 3.02. The van der Waals surface area contributed by atoms with Gasteiger partial charge in [-0.05, 0) is 40.8 Å². The minimum absolute atomic E-state index is 0.148. The molecule has 0 heterocycles. The predicted octanol–water partition coefficient (Wildman–Crippen LogP) is 4.33. The molecule has 1 aromatic carbocycles. The summed E-state index contributed by atoms with van der Waals surface area (Å²) in [6.07, 6.45) is -3.72. The number of hydrogen-bond donors (Lipinski definition) is 0. The molecule has 0 saturated carbocycles. The van der Waals surface area contributed by atoms with E-state index in [0.29, 0.717) is 8.04 Å². The van der Waals surface area contributed by atoms with Crippen LogP contribution < -0.4 is 4.74 Å². The van der Waals surface area contributed by atoms with Gasteiger partial charge in [0.2, 0.25) is 0 Å². The smallest absolute Gasteiger partial charge is 0.340 e. The normalized spacial score (nSPS) is 11.9. The van der Waals surface area contributed by atoms with Crippen molar-refractivity contribution in [3.63, 3.8) is 0 Å². The second kappa shape index (κ2) is 5.52. The number of alkyl halides is 4. The average molecular weight is 413 g/mol. The van der Waals surface area contributed by atoms with Crippen LogP contribution in [0.2, 0.25) is 0 Å². The van der Waals surface area contributed by atoms with Gasteiger partial charge >= 0.3 is 12.3 Å². The SMILES string of the molecule is FC(F)C(F)(F)COc1cc(Br)ccc1I. The van der Waals surface area contributed by atoms with Crippen LogP contribution in [0, 0.1) is 3.57 Å². The first kappa shape index (κ1) is 14.0. The van der Waals surface area contributed by atoms with Gasteiger partial charge in [0.15, 0.2) is 6.61 Å². The molecule has 16 heavy (non-hydrogen) atoms. The minimum Gasteiger partial charge on any atom is -0.486 e. The summed E-state index contributed by atoms with van der Waals surface area (Å²) < 4.78 is 54.7. The Kier molecular flexibility index (Phi) is 4.84. The van der Waals surface area contributed by atoms with Crippen LogP contribution in [0.3, 0.4) is 0 Å². The van der Waals surface area contributed by atoms with Crippen molar-refractivity contribution >= 4 is 38.5 Å². The highest BCUT2D eigenvalue weighted by Crippen LogP contribution is 2.28. The first-order chi connectivity index (χ1) is 7.33. The Hall–Kier alpha value is -0.0500. The summed E-state index contributed by atoms with van der Waals surface area (Å²) in [6, 6.07) is 4.77. The van der Waals surface area contributed by atoms with E-state index in [-0.39, 0.29) is 5.75 Å². The molecule has 7 heteroatoms. The van der Waals surface area contributed by atoms with Crippen LogP contribution in [0.15, 0.2) is 22.7 Å². The first-order valence-corrected chi connectivity index (χ1v) is 5.94. The number of ether oxygens (including phenoxy) is 1. The summed E-state index contributed by atoms with van der Waals surface area (Å²) in [5, 5.41) is 0. The van der Waals surface area contributed by atoms with E-state index < -0.39 is 19.0 Å². The van der Waals surface area contributed by atoms with E-state index in [1.54, 1.807) is 12.1 Å². The van der Waals surface area contributed by atoms with E-state index in [4.69, 9.17) is 0 Å². The third kappa shape index (κ3) is 3.76. The van der Waals surface area contributed by atoms with Gasteiger partial charge in [-0.25, -0.2) is 8.78 Å². The molecule has 0 aliphatic heterocycles. The lowest BCUT2D eigenvalue weighted by Gasteiger charge is -2.16. The molecule has 0 N–H and O–H groups in total. The highest BCUT2D eigenvalue weighted by molar-refractivity contribution is 14.1. The molecule has 1 rings (SSSR count). The van der Waals surface area contributed by atoms with Gasteiger partial charge in [-0.15, -0.1) is 0 Å². The fourth-order valence-electron chi connectivity index (χ4n) is 0.825. The van der Waals surface area contributed by atoms with Gasteiger partial charge < -0.3 is 4.74 Å². The fourth-order valence-corrected chi connectivity index (χ4v) is 1.66. The molecule has 0 aliphatic rings. The molecule has 0 aliphatic carbocycles. The molecule has 0 atom stereocenters. The monoisotopic (exact) mass is 412 g/mol. The zero-order valence-electron chi connectivity index (χ0n) is 7.69. The van der Waals surface area contributed by atoms with Crippen molar-refractivity contribution < 1.29 is 22.3 Å². The third-order valence-electron chi connectivity index (χ3n) is 1.63. The Morgan fingerprint density at radius 1 is 1.38 bits per heavy atom. The van der Waals surface area contributed by atoms with Crippen LogP contribution in [-0.2, 0) is 0 Å². The van der Waals surface area contributed by atoms with Crippen LogP contribution in [0.5, 0.6) is 5.75 Å². The predicted molar refractivity (Wildman–Crippen MR) is 63.3 cm³/mol. The first-order valence-electron chi connectivity index (χ1n) is 4.07. The van der Waals surface area contributed by atoms with E-state index in [1.165, 1.54) is 6.07 Å². The van der Waals surface area contributed by atoms with Crippen LogP contribution in [0.1, 0.15) is 0 Å². The second-order valence-corrected chi connectivity index (χ2v) is 5.00. The lowest BCUT2D eigenvalue weighted by molar-refractivity contribution is -0.148. The van der Waals surface area contributed by atoms with Gasteiger partial charge in [-0.3, -0.25) is 0 Å². The van der Waals surface area contributed by atoms with Gasteiger partial charge in [-0.2, -0.15) is 8.78 Å². The van der Waals surface area contributed by atoms with Gasteiger partial charge in [0.1, 0.15) is 5.75 Å².